The summed E-state index contributed by atoms with van der Waals surface area (Å²) >= 11 is 5.33. The molecule has 19 heavy (non-hydrogen) atoms. The largest absolute Gasteiger partial charge is 0.373 e. The van der Waals surface area contributed by atoms with E-state index in [1.807, 2.05) is 18.7 Å². The van der Waals surface area contributed by atoms with Crippen molar-refractivity contribution in [3.63, 3.8) is 0 Å². The van der Waals surface area contributed by atoms with E-state index in [2.05, 4.69) is 0 Å². The second-order valence-electron chi connectivity index (χ2n) is 5.31. The number of amides is 2. The second kappa shape index (κ2) is 4.52. The molecule has 3 saturated heterocycles. The normalized spacial score (nSPS) is 36.0. The molecule has 3 aliphatic heterocycles. The van der Waals surface area contributed by atoms with Crippen LogP contribution in [-0.2, 0) is 14.3 Å². The van der Waals surface area contributed by atoms with Crippen LogP contribution in [0.3, 0.4) is 0 Å². The van der Waals surface area contributed by atoms with E-state index in [-0.39, 0.29) is 35.9 Å². The van der Waals surface area contributed by atoms with E-state index in [9.17, 15) is 9.59 Å². The van der Waals surface area contributed by atoms with Gasteiger partial charge in [0.25, 0.3) is 0 Å². The van der Waals surface area contributed by atoms with Gasteiger partial charge in [-0.3, -0.25) is 9.59 Å². The summed E-state index contributed by atoms with van der Waals surface area (Å²) in [4.78, 5) is 28.0. The Morgan fingerprint density at radius 1 is 1.21 bits per heavy atom. The van der Waals surface area contributed by atoms with Crippen LogP contribution >= 0.6 is 12.2 Å². The van der Waals surface area contributed by atoms with Crippen LogP contribution in [0.2, 0.25) is 0 Å². The predicted octanol–water partition coefficient (Wildman–Crippen LogP) is 0.775. The summed E-state index contributed by atoms with van der Waals surface area (Å²) in [5, 5.41) is 0.355. The predicted molar refractivity (Wildman–Crippen MR) is 72.2 cm³/mol. The first-order valence-corrected chi connectivity index (χ1v) is 7.33. The van der Waals surface area contributed by atoms with Crippen LogP contribution in [0.5, 0.6) is 0 Å². The number of thiocarbonyl (C=S) groups is 1. The highest BCUT2D eigenvalue weighted by atomic mass is 32.1. The third-order valence-corrected chi connectivity index (χ3v) is 4.95. The molecule has 0 saturated carbocycles. The van der Waals surface area contributed by atoms with Gasteiger partial charge in [0.2, 0.25) is 11.8 Å². The molecule has 3 heterocycles. The van der Waals surface area contributed by atoms with Gasteiger partial charge in [-0.15, -0.1) is 0 Å². The third-order valence-electron chi connectivity index (χ3n) is 4.51. The van der Waals surface area contributed by atoms with Gasteiger partial charge in [-0.2, -0.15) is 0 Å². The maximum atomic E-state index is 12.5. The molecule has 104 valence electrons. The summed E-state index contributed by atoms with van der Waals surface area (Å²) in [7, 11) is 0. The second-order valence-corrected chi connectivity index (χ2v) is 5.67. The fraction of sp³-hybridized carbons (Fsp3) is 0.769. The molecule has 0 unspecified atom stereocenters. The van der Waals surface area contributed by atoms with Gasteiger partial charge >= 0.3 is 0 Å². The van der Waals surface area contributed by atoms with E-state index < -0.39 is 0 Å². The van der Waals surface area contributed by atoms with Crippen molar-refractivity contribution in [2.45, 2.75) is 38.9 Å². The first-order valence-electron chi connectivity index (χ1n) is 6.92. The van der Waals surface area contributed by atoms with Crippen molar-refractivity contribution in [1.82, 2.24) is 9.80 Å². The molecular weight excluding hydrogens is 264 g/mol. The van der Waals surface area contributed by atoms with Crippen molar-refractivity contribution in [3.8, 4) is 0 Å². The van der Waals surface area contributed by atoms with Crippen LogP contribution in [0.1, 0.15) is 26.7 Å². The molecule has 0 aromatic rings. The van der Waals surface area contributed by atoms with Crippen molar-refractivity contribution in [2.24, 2.45) is 11.8 Å². The van der Waals surface area contributed by atoms with Gasteiger partial charge in [-0.05, 0) is 38.9 Å². The lowest BCUT2D eigenvalue weighted by atomic mass is 9.81. The summed E-state index contributed by atoms with van der Waals surface area (Å²) in [6, 6.07) is 0. The van der Waals surface area contributed by atoms with Gasteiger partial charge in [0.05, 0.1) is 24.0 Å². The molecule has 2 amide bonds. The van der Waals surface area contributed by atoms with Crippen LogP contribution < -0.4 is 0 Å². The zero-order chi connectivity index (χ0) is 13.7. The standard InChI is InChI=1S/C13H18N2O3S/c1-3-14(4-2)13(19)15-11(16)9-7-5-6-8(18-7)10(9)12(15)17/h7-10H,3-6H2,1-2H3/t7-,8+,9-,10+. The quantitative estimate of drug-likeness (QED) is 0.553. The Bertz CT molecular complexity index is 421. The summed E-state index contributed by atoms with van der Waals surface area (Å²) in [6.45, 7) is 5.33. The van der Waals surface area contributed by atoms with Crippen molar-refractivity contribution >= 4 is 29.1 Å². The summed E-state index contributed by atoms with van der Waals surface area (Å²) in [5.74, 6) is -0.891. The Balaban J connectivity index is 1.87. The van der Waals surface area contributed by atoms with Crippen LogP contribution in [0, 0.1) is 11.8 Å². The Hall–Kier alpha value is -1.01. The number of fused-ring (bicyclic) bond motifs is 5. The van der Waals surface area contributed by atoms with E-state index in [1.54, 1.807) is 0 Å². The summed E-state index contributed by atoms with van der Waals surface area (Å²) in [5.41, 5.74) is 0. The van der Waals surface area contributed by atoms with Crippen molar-refractivity contribution in [3.05, 3.63) is 0 Å². The average Bonchev–Trinajstić information content (AvgIpc) is 3.05. The minimum atomic E-state index is -0.292. The number of hydrogen-bond donors (Lipinski definition) is 0. The molecule has 0 aliphatic carbocycles. The van der Waals surface area contributed by atoms with Crippen LogP contribution in [0.25, 0.3) is 0 Å². The minimum absolute atomic E-state index is 0.0732. The van der Waals surface area contributed by atoms with Gasteiger partial charge in [-0.1, -0.05) is 0 Å². The molecule has 0 aromatic heterocycles. The summed E-state index contributed by atoms with van der Waals surface area (Å²) < 4.78 is 5.70. The van der Waals surface area contributed by atoms with Gasteiger partial charge < -0.3 is 9.64 Å². The molecule has 3 aliphatic rings. The van der Waals surface area contributed by atoms with Gasteiger partial charge in [0.1, 0.15) is 0 Å². The Morgan fingerprint density at radius 3 is 2.11 bits per heavy atom. The number of imide groups is 1. The Labute approximate surface area is 117 Å². The monoisotopic (exact) mass is 282 g/mol. The number of hydrogen-bond acceptors (Lipinski definition) is 4. The van der Waals surface area contributed by atoms with E-state index in [0.29, 0.717) is 18.2 Å². The van der Waals surface area contributed by atoms with Crippen molar-refractivity contribution < 1.29 is 14.3 Å². The maximum absolute atomic E-state index is 12.5. The lowest BCUT2D eigenvalue weighted by Gasteiger charge is -2.27. The van der Waals surface area contributed by atoms with E-state index in [0.717, 1.165) is 12.8 Å². The molecule has 2 bridgehead atoms. The first kappa shape index (κ1) is 13.0. The maximum Gasteiger partial charge on any atom is 0.242 e. The Kier molecular flexibility index (Phi) is 3.09. The smallest absolute Gasteiger partial charge is 0.242 e. The first-order chi connectivity index (χ1) is 9.10. The fourth-order valence-electron chi connectivity index (χ4n) is 3.54. The molecule has 5 nitrogen and oxygen atoms in total. The molecule has 3 fully saturated rings. The lowest BCUT2D eigenvalue weighted by Crippen LogP contribution is -2.47. The SMILES string of the molecule is CCN(CC)C(=S)N1C(=O)[C@@H]2[C@H](C1=O)[C@H]1CC[C@@H]2O1. The number of likely N-dealkylation sites (tertiary alicyclic amines) is 1. The van der Waals surface area contributed by atoms with Gasteiger partial charge in [-0.25, -0.2) is 4.90 Å². The number of carbonyl (C=O) groups is 2. The van der Waals surface area contributed by atoms with Crippen LogP contribution in [-0.4, -0.2) is 52.0 Å². The highest BCUT2D eigenvalue weighted by molar-refractivity contribution is 7.80. The van der Waals surface area contributed by atoms with Gasteiger partial charge in [0, 0.05) is 13.1 Å². The number of nitrogens with zero attached hydrogens (tertiary/aromatic N) is 2. The van der Waals surface area contributed by atoms with Crippen LogP contribution in [0.4, 0.5) is 0 Å². The topological polar surface area (TPSA) is 49.9 Å². The molecule has 4 atom stereocenters. The van der Waals surface area contributed by atoms with Crippen LogP contribution in [0.15, 0.2) is 0 Å². The molecule has 3 rings (SSSR count). The molecule has 0 aromatic carbocycles. The lowest BCUT2D eigenvalue weighted by molar-refractivity contribution is -0.137. The number of ether oxygens (including phenoxy) is 1. The Morgan fingerprint density at radius 2 is 1.68 bits per heavy atom. The third kappa shape index (κ3) is 1.66. The van der Waals surface area contributed by atoms with Gasteiger partial charge in [0.15, 0.2) is 5.11 Å². The average molecular weight is 282 g/mol. The van der Waals surface area contributed by atoms with E-state index in [4.69, 9.17) is 17.0 Å². The van der Waals surface area contributed by atoms with E-state index in [1.165, 1.54) is 4.90 Å². The minimum Gasteiger partial charge on any atom is -0.373 e. The highest BCUT2D eigenvalue weighted by Crippen LogP contribution is 2.48. The van der Waals surface area contributed by atoms with Crippen molar-refractivity contribution in [2.75, 3.05) is 13.1 Å². The van der Waals surface area contributed by atoms with Crippen molar-refractivity contribution in [1.29, 1.82) is 0 Å². The highest BCUT2D eigenvalue weighted by Gasteiger charge is 2.63. The molecule has 0 radical (unpaired) electrons. The number of carbonyl (C=O) groups excluding carboxylic acids is 2. The molecule has 6 heteroatoms. The zero-order valence-electron chi connectivity index (χ0n) is 11.2. The van der Waals surface area contributed by atoms with E-state index >= 15 is 0 Å². The zero-order valence-corrected chi connectivity index (χ0v) is 12.0. The molecule has 0 spiro atoms. The fourth-order valence-corrected chi connectivity index (χ4v) is 3.97. The molecule has 0 N–H and O–H groups in total. The number of rotatable bonds is 2. The summed E-state index contributed by atoms with van der Waals surface area (Å²) in [6.07, 6.45) is 1.62. The molecular formula is C13H18N2O3S.